The molecule has 0 saturated carbocycles. The quantitative estimate of drug-likeness (QED) is 0.672. The van der Waals surface area contributed by atoms with Crippen molar-refractivity contribution < 1.29 is 14.3 Å². The van der Waals surface area contributed by atoms with Gasteiger partial charge in [-0.15, -0.1) is 0 Å². The highest BCUT2D eigenvalue weighted by Gasteiger charge is 2.21. The van der Waals surface area contributed by atoms with E-state index >= 15 is 0 Å². The van der Waals surface area contributed by atoms with Gasteiger partial charge in [0.15, 0.2) is 0 Å². The summed E-state index contributed by atoms with van der Waals surface area (Å²) in [5.41, 5.74) is 0. The first-order valence-corrected chi connectivity index (χ1v) is 7.12. The van der Waals surface area contributed by atoms with Gasteiger partial charge < -0.3 is 9.64 Å². The van der Waals surface area contributed by atoms with Crippen molar-refractivity contribution in [2.75, 3.05) is 39.8 Å². The maximum atomic E-state index is 11.9. The Kier molecular flexibility index (Phi) is 7.02. The summed E-state index contributed by atoms with van der Waals surface area (Å²) in [5.74, 6) is -0.149. The van der Waals surface area contributed by atoms with Crippen LogP contribution in [0.3, 0.4) is 0 Å². The molecule has 19 heavy (non-hydrogen) atoms. The molecule has 5 nitrogen and oxygen atoms in total. The van der Waals surface area contributed by atoms with E-state index in [1.807, 2.05) is 0 Å². The molecule has 1 fully saturated rings. The zero-order valence-corrected chi connectivity index (χ0v) is 12.4. The number of esters is 1. The van der Waals surface area contributed by atoms with E-state index < -0.39 is 0 Å². The molecule has 0 radical (unpaired) electrons. The Balaban J connectivity index is 2.32. The van der Waals surface area contributed by atoms with Crippen LogP contribution >= 0.6 is 0 Å². The van der Waals surface area contributed by atoms with Gasteiger partial charge >= 0.3 is 5.97 Å². The summed E-state index contributed by atoms with van der Waals surface area (Å²) in [6.45, 7) is 7.78. The van der Waals surface area contributed by atoms with Crippen molar-refractivity contribution in [3.63, 3.8) is 0 Å². The SMILES string of the molecule is CCOC(=O)CCC(=O)CN1CCCN(C)CC1C. The Morgan fingerprint density at radius 1 is 1.26 bits per heavy atom. The Hall–Kier alpha value is -0.940. The molecular weight excluding hydrogens is 244 g/mol. The first kappa shape index (κ1) is 16.1. The van der Waals surface area contributed by atoms with Crippen LogP contribution in [0.2, 0.25) is 0 Å². The largest absolute Gasteiger partial charge is 0.466 e. The van der Waals surface area contributed by atoms with E-state index in [-0.39, 0.29) is 24.6 Å². The van der Waals surface area contributed by atoms with Crippen molar-refractivity contribution >= 4 is 11.8 Å². The zero-order valence-electron chi connectivity index (χ0n) is 12.4. The number of nitrogens with zero attached hydrogens (tertiary/aromatic N) is 2. The standard InChI is InChI=1S/C14H26N2O3/c1-4-19-14(18)7-6-13(17)11-16-9-5-8-15(3)10-12(16)2/h12H,4-11H2,1-3H3. The van der Waals surface area contributed by atoms with E-state index in [0.717, 1.165) is 26.1 Å². The fourth-order valence-corrected chi connectivity index (χ4v) is 2.44. The predicted molar refractivity (Wildman–Crippen MR) is 74.0 cm³/mol. The van der Waals surface area contributed by atoms with E-state index in [2.05, 4.69) is 23.8 Å². The Labute approximate surface area is 115 Å². The second kappa shape index (κ2) is 8.27. The third kappa shape index (κ3) is 6.16. The van der Waals surface area contributed by atoms with Gasteiger partial charge in [-0.2, -0.15) is 0 Å². The number of carbonyl (C=O) groups is 2. The Bertz CT molecular complexity index is 307. The number of carbonyl (C=O) groups excluding carboxylic acids is 2. The van der Waals surface area contributed by atoms with Crippen LogP contribution in [0.25, 0.3) is 0 Å². The molecule has 0 aromatic rings. The molecule has 0 aromatic carbocycles. The van der Waals surface area contributed by atoms with Gasteiger partial charge in [0, 0.05) is 25.6 Å². The molecule has 1 heterocycles. The molecule has 110 valence electrons. The van der Waals surface area contributed by atoms with Gasteiger partial charge in [0.2, 0.25) is 0 Å². The van der Waals surface area contributed by atoms with Crippen LogP contribution in [0.5, 0.6) is 0 Å². The van der Waals surface area contributed by atoms with Crippen LogP contribution in [-0.2, 0) is 14.3 Å². The molecule has 0 amide bonds. The maximum absolute atomic E-state index is 11.9. The lowest BCUT2D eigenvalue weighted by Crippen LogP contribution is -2.40. The van der Waals surface area contributed by atoms with Crippen molar-refractivity contribution in [3.8, 4) is 0 Å². The number of ether oxygens (including phenoxy) is 1. The number of likely N-dealkylation sites (N-methyl/N-ethyl adjacent to an activating group) is 1. The summed E-state index contributed by atoms with van der Waals surface area (Å²) in [6.07, 6.45) is 1.58. The summed E-state index contributed by atoms with van der Waals surface area (Å²) in [6, 6.07) is 0.388. The molecule has 1 rings (SSSR count). The van der Waals surface area contributed by atoms with Gasteiger partial charge in [0.1, 0.15) is 5.78 Å². The average molecular weight is 270 g/mol. The first-order valence-electron chi connectivity index (χ1n) is 7.12. The van der Waals surface area contributed by atoms with Crippen LogP contribution in [-0.4, -0.2) is 67.4 Å². The number of rotatable bonds is 6. The monoisotopic (exact) mass is 270 g/mol. The molecule has 1 aliphatic heterocycles. The Morgan fingerprint density at radius 2 is 2.00 bits per heavy atom. The van der Waals surface area contributed by atoms with Gasteiger partial charge in [0.25, 0.3) is 0 Å². The van der Waals surface area contributed by atoms with E-state index in [1.54, 1.807) is 6.92 Å². The summed E-state index contributed by atoms with van der Waals surface area (Å²) >= 11 is 0. The zero-order chi connectivity index (χ0) is 14.3. The molecule has 1 unspecified atom stereocenters. The molecular formula is C14H26N2O3. The molecule has 1 saturated heterocycles. The first-order chi connectivity index (χ1) is 9.02. The van der Waals surface area contributed by atoms with Gasteiger partial charge in [-0.25, -0.2) is 0 Å². The summed E-state index contributed by atoms with van der Waals surface area (Å²) in [4.78, 5) is 27.6. The van der Waals surface area contributed by atoms with Gasteiger partial charge in [0.05, 0.1) is 19.6 Å². The van der Waals surface area contributed by atoms with E-state index in [4.69, 9.17) is 4.74 Å². The molecule has 0 N–H and O–H groups in total. The lowest BCUT2D eigenvalue weighted by atomic mass is 10.2. The van der Waals surface area contributed by atoms with Crippen molar-refractivity contribution in [2.45, 2.75) is 39.2 Å². The number of ketones is 1. The number of hydrogen-bond acceptors (Lipinski definition) is 5. The van der Waals surface area contributed by atoms with Crippen LogP contribution in [0, 0.1) is 0 Å². The fourth-order valence-electron chi connectivity index (χ4n) is 2.44. The van der Waals surface area contributed by atoms with Crippen LogP contribution in [0.1, 0.15) is 33.1 Å². The number of Topliss-reactive ketones (excluding diaryl/α,β-unsaturated/α-hetero) is 1. The second-order valence-corrected chi connectivity index (χ2v) is 5.28. The highest BCUT2D eigenvalue weighted by Crippen LogP contribution is 2.09. The molecule has 1 aliphatic rings. The van der Waals surface area contributed by atoms with E-state index in [9.17, 15) is 9.59 Å². The van der Waals surface area contributed by atoms with Gasteiger partial charge in [-0.3, -0.25) is 14.5 Å². The van der Waals surface area contributed by atoms with Crippen molar-refractivity contribution in [1.29, 1.82) is 0 Å². The fraction of sp³-hybridized carbons (Fsp3) is 0.857. The highest BCUT2D eigenvalue weighted by atomic mass is 16.5. The second-order valence-electron chi connectivity index (χ2n) is 5.28. The Morgan fingerprint density at radius 3 is 2.68 bits per heavy atom. The summed E-state index contributed by atoms with van der Waals surface area (Å²) in [5, 5.41) is 0. The van der Waals surface area contributed by atoms with Crippen LogP contribution in [0.4, 0.5) is 0 Å². The average Bonchev–Trinajstić information content (AvgIpc) is 2.49. The third-order valence-electron chi connectivity index (χ3n) is 3.48. The minimum atomic E-state index is -0.278. The van der Waals surface area contributed by atoms with Crippen molar-refractivity contribution in [3.05, 3.63) is 0 Å². The molecule has 0 aliphatic carbocycles. The van der Waals surface area contributed by atoms with Crippen molar-refractivity contribution in [1.82, 2.24) is 9.80 Å². The molecule has 1 atom stereocenters. The van der Waals surface area contributed by atoms with Crippen molar-refractivity contribution in [2.24, 2.45) is 0 Å². The molecule has 0 spiro atoms. The molecule has 0 aromatic heterocycles. The minimum Gasteiger partial charge on any atom is -0.466 e. The predicted octanol–water partition coefficient (Wildman–Crippen LogP) is 0.925. The topological polar surface area (TPSA) is 49.9 Å². The third-order valence-corrected chi connectivity index (χ3v) is 3.48. The maximum Gasteiger partial charge on any atom is 0.306 e. The highest BCUT2D eigenvalue weighted by molar-refractivity contribution is 5.84. The van der Waals surface area contributed by atoms with Crippen LogP contribution < -0.4 is 0 Å². The molecule has 5 heteroatoms. The normalized spacial score (nSPS) is 21.9. The smallest absolute Gasteiger partial charge is 0.306 e. The lowest BCUT2D eigenvalue weighted by Gasteiger charge is -2.27. The van der Waals surface area contributed by atoms with E-state index in [1.165, 1.54) is 0 Å². The summed E-state index contributed by atoms with van der Waals surface area (Å²) in [7, 11) is 2.11. The van der Waals surface area contributed by atoms with Crippen LogP contribution in [0.15, 0.2) is 0 Å². The van der Waals surface area contributed by atoms with Gasteiger partial charge in [-0.05, 0) is 33.9 Å². The van der Waals surface area contributed by atoms with Gasteiger partial charge in [-0.1, -0.05) is 0 Å². The molecule has 0 bridgehead atoms. The lowest BCUT2D eigenvalue weighted by molar-refractivity contribution is -0.144. The summed E-state index contributed by atoms with van der Waals surface area (Å²) < 4.78 is 4.83. The van der Waals surface area contributed by atoms with E-state index in [0.29, 0.717) is 19.2 Å². The minimum absolute atomic E-state index is 0.129. The number of hydrogen-bond donors (Lipinski definition) is 0.